The number of nitrogens with one attached hydrogen (secondary N) is 1. The SMILES string of the molecule is O=C(N=Nc1ccc(NOC(=O)c2ccc(F)cc2)cc1)c1ccccc1. The van der Waals surface area contributed by atoms with Gasteiger partial charge in [-0.05, 0) is 60.7 Å². The molecule has 3 aromatic carbocycles. The average molecular weight is 363 g/mol. The third-order valence-corrected chi connectivity index (χ3v) is 3.49. The van der Waals surface area contributed by atoms with E-state index in [9.17, 15) is 14.0 Å². The number of hydrogen-bond donors (Lipinski definition) is 1. The van der Waals surface area contributed by atoms with Gasteiger partial charge in [0.25, 0.3) is 5.91 Å². The maximum Gasteiger partial charge on any atom is 0.362 e. The minimum Gasteiger partial charge on any atom is -0.338 e. The van der Waals surface area contributed by atoms with Gasteiger partial charge in [-0.2, -0.15) is 0 Å². The molecule has 1 N–H and O–H groups in total. The number of benzene rings is 3. The molecule has 27 heavy (non-hydrogen) atoms. The van der Waals surface area contributed by atoms with Crippen LogP contribution in [0, 0.1) is 5.82 Å². The largest absolute Gasteiger partial charge is 0.362 e. The van der Waals surface area contributed by atoms with E-state index in [0.29, 0.717) is 16.9 Å². The molecule has 0 heterocycles. The lowest BCUT2D eigenvalue weighted by Gasteiger charge is -2.06. The van der Waals surface area contributed by atoms with Gasteiger partial charge in [0.15, 0.2) is 0 Å². The molecule has 0 spiro atoms. The molecule has 0 unspecified atom stereocenters. The third kappa shape index (κ3) is 5.05. The lowest BCUT2D eigenvalue weighted by atomic mass is 10.2. The second kappa shape index (κ2) is 8.48. The lowest BCUT2D eigenvalue weighted by Crippen LogP contribution is -2.10. The molecule has 0 saturated heterocycles. The van der Waals surface area contributed by atoms with Crippen molar-refractivity contribution >= 4 is 23.3 Å². The van der Waals surface area contributed by atoms with Crippen molar-refractivity contribution in [1.29, 1.82) is 0 Å². The number of nitrogens with zero attached hydrogens (tertiary/aromatic N) is 2. The summed E-state index contributed by atoms with van der Waals surface area (Å²) in [5.41, 5.74) is 4.13. The molecule has 1 amide bonds. The van der Waals surface area contributed by atoms with Crippen molar-refractivity contribution in [3.05, 3.63) is 95.8 Å². The molecule has 134 valence electrons. The molecular formula is C20H14FN3O3. The van der Waals surface area contributed by atoms with E-state index in [1.807, 2.05) is 6.07 Å². The molecular weight excluding hydrogens is 349 g/mol. The molecule has 0 bridgehead atoms. The highest BCUT2D eigenvalue weighted by molar-refractivity contribution is 5.94. The molecule has 0 saturated carbocycles. The van der Waals surface area contributed by atoms with Gasteiger partial charge in [-0.15, -0.1) is 10.2 Å². The van der Waals surface area contributed by atoms with Gasteiger partial charge in [-0.1, -0.05) is 18.2 Å². The highest BCUT2D eigenvalue weighted by Gasteiger charge is 2.07. The number of carbonyl (C=O) groups excluding carboxylic acids is 2. The monoisotopic (exact) mass is 363 g/mol. The van der Waals surface area contributed by atoms with Crippen LogP contribution in [0.3, 0.4) is 0 Å². The third-order valence-electron chi connectivity index (χ3n) is 3.49. The number of azo groups is 1. The maximum atomic E-state index is 12.8. The van der Waals surface area contributed by atoms with E-state index in [1.54, 1.807) is 48.5 Å². The van der Waals surface area contributed by atoms with Gasteiger partial charge in [0.05, 0.1) is 16.9 Å². The Hall–Kier alpha value is -3.87. The summed E-state index contributed by atoms with van der Waals surface area (Å²) < 4.78 is 12.8. The summed E-state index contributed by atoms with van der Waals surface area (Å²) >= 11 is 0. The number of hydrogen-bond acceptors (Lipinski definition) is 5. The van der Waals surface area contributed by atoms with Crippen LogP contribution in [0.25, 0.3) is 0 Å². The van der Waals surface area contributed by atoms with E-state index in [1.165, 1.54) is 24.3 Å². The van der Waals surface area contributed by atoms with Crippen LogP contribution < -0.4 is 5.48 Å². The summed E-state index contributed by atoms with van der Waals surface area (Å²) in [5, 5.41) is 7.54. The van der Waals surface area contributed by atoms with Crippen molar-refractivity contribution in [3.8, 4) is 0 Å². The number of anilines is 1. The summed E-state index contributed by atoms with van der Waals surface area (Å²) in [6.07, 6.45) is 0. The highest BCUT2D eigenvalue weighted by Crippen LogP contribution is 2.17. The van der Waals surface area contributed by atoms with Crippen LogP contribution in [0.2, 0.25) is 0 Å². The molecule has 0 fully saturated rings. The molecule has 0 aliphatic carbocycles. The Morgan fingerprint density at radius 1 is 0.815 bits per heavy atom. The number of halogens is 1. The summed E-state index contributed by atoms with van der Waals surface area (Å²) in [5.74, 6) is -1.52. The smallest absolute Gasteiger partial charge is 0.338 e. The van der Waals surface area contributed by atoms with Gasteiger partial charge in [0.1, 0.15) is 5.82 Å². The van der Waals surface area contributed by atoms with Gasteiger partial charge in [-0.3, -0.25) is 4.79 Å². The first-order valence-electron chi connectivity index (χ1n) is 7.96. The van der Waals surface area contributed by atoms with Gasteiger partial charge in [0.2, 0.25) is 0 Å². The Morgan fingerprint density at radius 2 is 1.48 bits per heavy atom. The lowest BCUT2D eigenvalue weighted by molar-refractivity contribution is 0.0596. The normalized spacial score (nSPS) is 10.6. The van der Waals surface area contributed by atoms with Gasteiger partial charge in [-0.25, -0.2) is 14.7 Å². The van der Waals surface area contributed by atoms with E-state index >= 15 is 0 Å². The van der Waals surface area contributed by atoms with E-state index in [0.717, 1.165) is 0 Å². The predicted octanol–water partition coefficient (Wildman–Crippen LogP) is 4.93. The van der Waals surface area contributed by atoms with Crippen molar-refractivity contribution in [1.82, 2.24) is 0 Å². The Labute approximate surface area is 154 Å². The Kier molecular flexibility index (Phi) is 5.64. The summed E-state index contributed by atoms with van der Waals surface area (Å²) in [6, 6.07) is 20.0. The second-order valence-electron chi connectivity index (χ2n) is 5.42. The molecule has 0 aliphatic rings. The van der Waals surface area contributed by atoms with E-state index < -0.39 is 17.7 Å². The minimum atomic E-state index is -0.646. The van der Waals surface area contributed by atoms with Crippen molar-refractivity contribution in [2.45, 2.75) is 0 Å². The van der Waals surface area contributed by atoms with E-state index in [2.05, 4.69) is 15.7 Å². The topological polar surface area (TPSA) is 80.1 Å². The van der Waals surface area contributed by atoms with Crippen LogP contribution >= 0.6 is 0 Å². The fourth-order valence-corrected chi connectivity index (χ4v) is 2.09. The second-order valence-corrected chi connectivity index (χ2v) is 5.42. The van der Waals surface area contributed by atoms with Crippen LogP contribution in [-0.2, 0) is 4.84 Å². The van der Waals surface area contributed by atoms with Gasteiger partial charge in [0, 0.05) is 5.56 Å². The average Bonchev–Trinajstić information content (AvgIpc) is 2.72. The fraction of sp³-hybridized carbons (Fsp3) is 0. The van der Waals surface area contributed by atoms with Crippen LogP contribution in [0.4, 0.5) is 15.8 Å². The van der Waals surface area contributed by atoms with Crippen molar-refractivity contribution < 1.29 is 18.8 Å². The zero-order chi connectivity index (χ0) is 19.1. The van der Waals surface area contributed by atoms with Gasteiger partial charge >= 0.3 is 5.97 Å². The first-order chi connectivity index (χ1) is 13.1. The molecule has 0 atom stereocenters. The van der Waals surface area contributed by atoms with E-state index in [-0.39, 0.29) is 5.56 Å². The molecule has 3 rings (SSSR count). The molecule has 6 nitrogen and oxygen atoms in total. The zero-order valence-corrected chi connectivity index (χ0v) is 14.0. The van der Waals surface area contributed by atoms with Crippen LogP contribution in [0.5, 0.6) is 0 Å². The molecule has 7 heteroatoms. The quantitative estimate of drug-likeness (QED) is 0.515. The summed E-state index contributed by atoms with van der Waals surface area (Å²) in [7, 11) is 0. The molecule has 0 radical (unpaired) electrons. The Balaban J connectivity index is 1.55. The van der Waals surface area contributed by atoms with Crippen LogP contribution in [0.1, 0.15) is 20.7 Å². The molecule has 0 aliphatic heterocycles. The van der Waals surface area contributed by atoms with E-state index in [4.69, 9.17) is 4.84 Å². The Morgan fingerprint density at radius 3 is 2.15 bits per heavy atom. The van der Waals surface area contributed by atoms with Crippen molar-refractivity contribution in [2.75, 3.05) is 5.48 Å². The number of rotatable bonds is 5. The molecule has 0 aromatic heterocycles. The van der Waals surface area contributed by atoms with Crippen LogP contribution in [-0.4, -0.2) is 11.9 Å². The zero-order valence-electron chi connectivity index (χ0n) is 14.0. The first-order valence-corrected chi connectivity index (χ1v) is 7.96. The number of amides is 1. The first kappa shape index (κ1) is 17.9. The standard InChI is InChI=1S/C20H14FN3O3/c21-16-8-6-15(7-9-16)20(26)27-24-18-12-10-17(11-13-18)22-23-19(25)14-4-2-1-3-5-14/h1-13,24H. The Bertz CT molecular complexity index is 956. The molecule has 3 aromatic rings. The minimum absolute atomic E-state index is 0.216. The van der Waals surface area contributed by atoms with Crippen LogP contribution in [0.15, 0.2) is 89.1 Å². The van der Waals surface area contributed by atoms with Gasteiger partial charge < -0.3 is 4.84 Å². The van der Waals surface area contributed by atoms with Crippen molar-refractivity contribution in [3.63, 3.8) is 0 Å². The maximum absolute atomic E-state index is 12.8. The summed E-state index contributed by atoms with van der Waals surface area (Å²) in [4.78, 5) is 28.6. The highest BCUT2D eigenvalue weighted by atomic mass is 19.1. The predicted molar refractivity (Wildman–Crippen MR) is 97.2 cm³/mol. The summed E-state index contributed by atoms with van der Waals surface area (Å²) in [6.45, 7) is 0. The van der Waals surface area contributed by atoms with Crippen molar-refractivity contribution in [2.24, 2.45) is 10.2 Å². The number of carbonyl (C=O) groups is 2. The fourth-order valence-electron chi connectivity index (χ4n) is 2.09.